The first-order chi connectivity index (χ1) is 11.1. The number of hydrogen-bond donors (Lipinski definition) is 1. The summed E-state index contributed by atoms with van der Waals surface area (Å²) in [5, 5.41) is 11.7. The zero-order valence-electron chi connectivity index (χ0n) is 14.6. The van der Waals surface area contributed by atoms with Crippen LogP contribution in [0.2, 0.25) is 0 Å². The van der Waals surface area contributed by atoms with E-state index in [1.165, 1.54) is 12.0 Å². The third kappa shape index (κ3) is 3.66. The predicted molar refractivity (Wildman–Crippen MR) is 102 cm³/mol. The summed E-state index contributed by atoms with van der Waals surface area (Å²) < 4.78 is 0. The molecule has 1 aliphatic carbocycles. The molecule has 1 aliphatic rings. The van der Waals surface area contributed by atoms with Crippen LogP contribution in [0, 0.1) is 5.92 Å². The van der Waals surface area contributed by atoms with Gasteiger partial charge in [-0.1, -0.05) is 73.5 Å². The molecule has 0 amide bonds. The maximum absolute atomic E-state index is 11.7. The molecule has 24 heavy (non-hydrogen) atoms. The molecule has 0 aromatic heterocycles. The second-order valence-corrected chi connectivity index (χ2v) is 6.96. The Morgan fingerprint density at radius 2 is 1.54 bits per heavy atom. The van der Waals surface area contributed by atoms with E-state index in [-0.39, 0.29) is 24.4 Å². The Balaban J connectivity index is 0.00000208. The van der Waals surface area contributed by atoms with Crippen molar-refractivity contribution in [2.75, 3.05) is 14.1 Å². The highest BCUT2D eigenvalue weighted by Crippen LogP contribution is 2.48. The number of halogens is 1. The van der Waals surface area contributed by atoms with Crippen LogP contribution >= 0.6 is 12.4 Å². The zero-order chi connectivity index (χ0) is 16.3. The van der Waals surface area contributed by atoms with E-state index < -0.39 is 5.60 Å². The van der Waals surface area contributed by atoms with Gasteiger partial charge in [-0.05, 0) is 38.1 Å². The third-order valence-electron chi connectivity index (χ3n) is 5.29. The van der Waals surface area contributed by atoms with E-state index >= 15 is 0 Å². The number of nitrogens with zero attached hydrogens (tertiary/aromatic N) is 1. The molecule has 2 aromatic carbocycles. The van der Waals surface area contributed by atoms with Crippen molar-refractivity contribution in [3.05, 3.63) is 71.8 Å². The van der Waals surface area contributed by atoms with Gasteiger partial charge in [0.1, 0.15) is 0 Å². The third-order valence-corrected chi connectivity index (χ3v) is 5.29. The summed E-state index contributed by atoms with van der Waals surface area (Å²) in [7, 11) is 4.25. The monoisotopic (exact) mass is 345 g/mol. The van der Waals surface area contributed by atoms with Crippen molar-refractivity contribution in [2.24, 2.45) is 5.92 Å². The van der Waals surface area contributed by atoms with E-state index in [2.05, 4.69) is 61.5 Å². The maximum atomic E-state index is 11.7. The first kappa shape index (κ1) is 19.0. The van der Waals surface area contributed by atoms with E-state index in [0.29, 0.717) is 0 Å². The average Bonchev–Trinajstić information content (AvgIpc) is 2.58. The molecule has 3 unspecified atom stereocenters. The molecule has 0 radical (unpaired) electrons. The van der Waals surface area contributed by atoms with E-state index in [4.69, 9.17) is 0 Å². The van der Waals surface area contributed by atoms with Crippen molar-refractivity contribution in [2.45, 2.75) is 37.3 Å². The molecule has 0 aliphatic heterocycles. The van der Waals surface area contributed by atoms with Crippen molar-refractivity contribution < 1.29 is 5.11 Å². The summed E-state index contributed by atoms with van der Waals surface area (Å²) in [6.45, 7) is 0. The molecule has 0 bridgehead atoms. The molecule has 1 saturated carbocycles. The summed E-state index contributed by atoms with van der Waals surface area (Å²) >= 11 is 0. The van der Waals surface area contributed by atoms with Crippen LogP contribution in [-0.2, 0) is 5.60 Å². The number of hydrogen-bond acceptors (Lipinski definition) is 2. The Bertz CT molecular complexity index is 616. The lowest BCUT2D eigenvalue weighted by Gasteiger charge is -2.46. The maximum Gasteiger partial charge on any atom is 0.0942 e. The van der Waals surface area contributed by atoms with Crippen LogP contribution < -0.4 is 0 Å². The molecule has 1 N–H and O–H groups in total. The summed E-state index contributed by atoms with van der Waals surface area (Å²) in [6.07, 6.45) is 4.19. The minimum absolute atomic E-state index is 0. The fourth-order valence-corrected chi connectivity index (χ4v) is 4.23. The van der Waals surface area contributed by atoms with Gasteiger partial charge >= 0.3 is 0 Å². The van der Waals surface area contributed by atoms with Crippen LogP contribution in [-0.4, -0.2) is 24.1 Å². The average molecular weight is 346 g/mol. The van der Waals surface area contributed by atoms with Gasteiger partial charge in [0.05, 0.1) is 5.60 Å². The number of rotatable bonds is 4. The molecule has 2 nitrogen and oxygen atoms in total. The first-order valence-corrected chi connectivity index (χ1v) is 8.62. The fraction of sp³-hybridized carbons (Fsp3) is 0.429. The highest BCUT2D eigenvalue weighted by atomic mass is 35.5. The Kier molecular flexibility index (Phi) is 6.45. The second-order valence-electron chi connectivity index (χ2n) is 6.96. The summed E-state index contributed by atoms with van der Waals surface area (Å²) in [5.41, 5.74) is 1.61. The summed E-state index contributed by atoms with van der Waals surface area (Å²) in [4.78, 5) is 2.26. The quantitative estimate of drug-likeness (QED) is 0.861. The minimum Gasteiger partial charge on any atom is -0.385 e. The van der Waals surface area contributed by atoms with Crippen LogP contribution in [0.5, 0.6) is 0 Å². The SMILES string of the molecule is CN(C)C(c1ccccc1)C1CCCCC1(O)c1ccccc1.Cl. The molecule has 0 spiro atoms. The molecular formula is C21H28ClNO. The van der Waals surface area contributed by atoms with Gasteiger partial charge in [0.25, 0.3) is 0 Å². The van der Waals surface area contributed by atoms with Crippen molar-refractivity contribution in [1.82, 2.24) is 4.90 Å². The van der Waals surface area contributed by atoms with Gasteiger partial charge in [0.2, 0.25) is 0 Å². The smallest absolute Gasteiger partial charge is 0.0942 e. The Morgan fingerprint density at radius 3 is 2.12 bits per heavy atom. The van der Waals surface area contributed by atoms with Gasteiger partial charge in [0.15, 0.2) is 0 Å². The molecule has 3 atom stereocenters. The molecule has 3 rings (SSSR count). The topological polar surface area (TPSA) is 23.5 Å². The zero-order valence-corrected chi connectivity index (χ0v) is 15.4. The molecule has 1 fully saturated rings. The van der Waals surface area contributed by atoms with Gasteiger partial charge in [-0.3, -0.25) is 0 Å². The Morgan fingerprint density at radius 1 is 0.958 bits per heavy atom. The highest BCUT2D eigenvalue weighted by Gasteiger charge is 2.45. The van der Waals surface area contributed by atoms with Crippen molar-refractivity contribution in [3.63, 3.8) is 0 Å². The number of benzene rings is 2. The van der Waals surface area contributed by atoms with Gasteiger partial charge < -0.3 is 10.0 Å². The molecule has 130 valence electrons. The predicted octanol–water partition coefficient (Wildman–Crippen LogP) is 4.79. The number of aliphatic hydroxyl groups is 1. The standard InChI is InChI=1S/C21H27NO.ClH/c1-22(2)20(17-11-5-3-6-12-17)19-15-9-10-16-21(19,23)18-13-7-4-8-14-18;/h3-8,11-14,19-20,23H,9-10,15-16H2,1-2H3;1H. The summed E-state index contributed by atoms with van der Waals surface area (Å²) in [5.74, 6) is 0.205. The molecule has 3 heteroatoms. The van der Waals surface area contributed by atoms with Crippen LogP contribution in [0.25, 0.3) is 0 Å². The normalized spacial score (nSPS) is 25.1. The lowest BCUT2D eigenvalue weighted by atomic mass is 9.67. The van der Waals surface area contributed by atoms with Crippen LogP contribution in [0.4, 0.5) is 0 Å². The molecule has 0 saturated heterocycles. The lowest BCUT2D eigenvalue weighted by molar-refractivity contribution is -0.0837. The van der Waals surface area contributed by atoms with Gasteiger partial charge in [0, 0.05) is 12.0 Å². The van der Waals surface area contributed by atoms with Crippen molar-refractivity contribution in [3.8, 4) is 0 Å². The first-order valence-electron chi connectivity index (χ1n) is 8.62. The van der Waals surface area contributed by atoms with Crippen molar-refractivity contribution in [1.29, 1.82) is 0 Å². The van der Waals surface area contributed by atoms with Gasteiger partial charge in [-0.25, -0.2) is 0 Å². The molecule has 2 aromatic rings. The molecular weight excluding hydrogens is 318 g/mol. The highest BCUT2D eigenvalue weighted by molar-refractivity contribution is 5.85. The van der Waals surface area contributed by atoms with E-state index in [1.54, 1.807) is 0 Å². The lowest BCUT2D eigenvalue weighted by Crippen LogP contribution is -2.44. The van der Waals surface area contributed by atoms with E-state index in [0.717, 1.165) is 24.8 Å². The van der Waals surface area contributed by atoms with Crippen LogP contribution in [0.3, 0.4) is 0 Å². The van der Waals surface area contributed by atoms with Gasteiger partial charge in [-0.2, -0.15) is 0 Å². The molecule has 0 heterocycles. The fourth-order valence-electron chi connectivity index (χ4n) is 4.23. The Labute approximate surface area is 151 Å². The second kappa shape index (κ2) is 8.15. The van der Waals surface area contributed by atoms with E-state index in [9.17, 15) is 5.11 Å². The Hall–Kier alpha value is -1.35. The minimum atomic E-state index is -0.746. The van der Waals surface area contributed by atoms with Crippen molar-refractivity contribution >= 4 is 12.4 Å². The van der Waals surface area contributed by atoms with E-state index in [1.807, 2.05) is 18.2 Å². The summed E-state index contributed by atoms with van der Waals surface area (Å²) in [6, 6.07) is 21.1. The van der Waals surface area contributed by atoms with Gasteiger partial charge in [-0.15, -0.1) is 12.4 Å². The van der Waals surface area contributed by atoms with Crippen LogP contribution in [0.15, 0.2) is 60.7 Å². The largest absolute Gasteiger partial charge is 0.385 e. The van der Waals surface area contributed by atoms with Crippen LogP contribution in [0.1, 0.15) is 42.9 Å².